The molecule has 0 aliphatic carbocycles. The lowest BCUT2D eigenvalue weighted by Gasteiger charge is -2.08. The van der Waals surface area contributed by atoms with Crippen molar-refractivity contribution in [2.45, 2.75) is 32.7 Å². The van der Waals surface area contributed by atoms with Gasteiger partial charge in [-0.05, 0) is 13.3 Å². The van der Waals surface area contributed by atoms with Crippen molar-refractivity contribution in [2.75, 3.05) is 19.0 Å². The fraction of sp³-hybridized carbons (Fsp3) is 0.583. The third-order valence-corrected chi connectivity index (χ3v) is 4.64. The molecule has 104 valence electrons. The largest absolute Gasteiger partial charge is 0.384 e. The van der Waals surface area contributed by atoms with Crippen LogP contribution in [0.3, 0.4) is 0 Å². The van der Waals surface area contributed by atoms with Gasteiger partial charge in [0.2, 0.25) is 5.13 Å². The Labute approximate surface area is 121 Å². The summed E-state index contributed by atoms with van der Waals surface area (Å²) in [4.78, 5) is 10.2. The van der Waals surface area contributed by atoms with Gasteiger partial charge in [-0.2, -0.15) is 4.37 Å². The molecule has 2 aromatic heterocycles. The van der Waals surface area contributed by atoms with E-state index in [1.807, 2.05) is 6.20 Å². The van der Waals surface area contributed by atoms with E-state index in [9.17, 15) is 0 Å². The molecule has 2 rings (SSSR count). The van der Waals surface area contributed by atoms with Crippen LogP contribution in [0.4, 0.5) is 5.13 Å². The van der Waals surface area contributed by atoms with Crippen LogP contribution in [0.1, 0.15) is 35.6 Å². The summed E-state index contributed by atoms with van der Waals surface area (Å²) in [6.07, 6.45) is 3.73. The average molecular weight is 298 g/mol. The van der Waals surface area contributed by atoms with Crippen molar-refractivity contribution in [1.82, 2.24) is 14.3 Å². The molecule has 1 N–H and O–H groups in total. The molecule has 0 bridgehead atoms. The van der Waals surface area contributed by atoms with Crippen LogP contribution in [0.25, 0.3) is 0 Å². The minimum Gasteiger partial charge on any atom is -0.384 e. The molecule has 2 aromatic rings. The normalized spacial score (nSPS) is 12.6. The molecule has 1 unspecified atom stereocenters. The highest BCUT2D eigenvalue weighted by Gasteiger charge is 2.12. The second kappa shape index (κ2) is 6.93. The number of hydrogen-bond donors (Lipinski definition) is 1. The number of nitrogens with one attached hydrogen (secondary N) is 1. The maximum Gasteiger partial charge on any atom is 0.203 e. The van der Waals surface area contributed by atoms with Crippen LogP contribution in [0, 0.1) is 0 Å². The van der Waals surface area contributed by atoms with Crippen molar-refractivity contribution < 1.29 is 4.74 Å². The molecular weight excluding hydrogens is 280 g/mol. The molecule has 0 aliphatic heterocycles. The monoisotopic (exact) mass is 298 g/mol. The number of nitrogens with zero attached hydrogens (tertiary/aromatic N) is 3. The molecule has 5 nitrogen and oxygen atoms in total. The summed E-state index contributed by atoms with van der Waals surface area (Å²) in [6.45, 7) is 4.88. The molecule has 0 amide bonds. The lowest BCUT2D eigenvalue weighted by Crippen LogP contribution is -2.06. The zero-order valence-corrected chi connectivity index (χ0v) is 13.0. The van der Waals surface area contributed by atoms with E-state index in [4.69, 9.17) is 4.74 Å². The minimum atomic E-state index is 0.161. The highest BCUT2D eigenvalue weighted by atomic mass is 32.1. The number of aromatic nitrogens is 3. The van der Waals surface area contributed by atoms with Crippen molar-refractivity contribution in [1.29, 1.82) is 0 Å². The molecule has 0 fully saturated rings. The standard InChI is InChI=1S/C12H18N4OS2/c1-4-9-7-13-11(18-9)8(2)14-12-15-10(16-19-12)5-6-17-3/h7-8H,4-6H2,1-3H3,(H,14,15,16). The first-order chi connectivity index (χ1) is 9.22. The van der Waals surface area contributed by atoms with E-state index < -0.39 is 0 Å². The zero-order chi connectivity index (χ0) is 13.7. The number of ether oxygens (including phenoxy) is 1. The van der Waals surface area contributed by atoms with Crippen LogP contribution in [-0.2, 0) is 17.6 Å². The number of aryl methyl sites for hydroxylation is 1. The van der Waals surface area contributed by atoms with E-state index >= 15 is 0 Å². The van der Waals surface area contributed by atoms with Gasteiger partial charge >= 0.3 is 0 Å². The molecule has 0 aromatic carbocycles. The van der Waals surface area contributed by atoms with Crippen molar-refractivity contribution in [2.24, 2.45) is 0 Å². The Balaban J connectivity index is 1.94. The van der Waals surface area contributed by atoms with Crippen molar-refractivity contribution in [3.8, 4) is 0 Å². The predicted molar refractivity (Wildman–Crippen MR) is 79.0 cm³/mol. The smallest absolute Gasteiger partial charge is 0.203 e. The average Bonchev–Trinajstić information content (AvgIpc) is 3.05. The molecular formula is C12H18N4OS2. The summed E-state index contributed by atoms with van der Waals surface area (Å²) >= 11 is 3.13. The van der Waals surface area contributed by atoms with E-state index in [0.29, 0.717) is 6.61 Å². The molecule has 1 atom stereocenters. The van der Waals surface area contributed by atoms with Gasteiger partial charge in [-0.1, -0.05) is 6.92 Å². The van der Waals surface area contributed by atoms with Gasteiger partial charge in [-0.15, -0.1) is 11.3 Å². The van der Waals surface area contributed by atoms with Gasteiger partial charge in [-0.25, -0.2) is 9.97 Å². The maximum absolute atomic E-state index is 5.02. The summed E-state index contributed by atoms with van der Waals surface area (Å²) in [6, 6.07) is 0.161. The number of anilines is 1. The second-order valence-corrected chi connectivity index (χ2v) is 6.04. The van der Waals surface area contributed by atoms with Crippen molar-refractivity contribution in [3.05, 3.63) is 21.9 Å². The Morgan fingerprint density at radius 1 is 1.47 bits per heavy atom. The third kappa shape index (κ3) is 3.95. The summed E-state index contributed by atoms with van der Waals surface area (Å²) in [5, 5.41) is 5.27. The first kappa shape index (κ1) is 14.4. The summed E-state index contributed by atoms with van der Waals surface area (Å²) < 4.78 is 9.31. The highest BCUT2D eigenvalue weighted by Crippen LogP contribution is 2.24. The summed E-state index contributed by atoms with van der Waals surface area (Å²) in [7, 11) is 1.68. The van der Waals surface area contributed by atoms with Gasteiger partial charge in [0.05, 0.1) is 12.6 Å². The number of thiazole rings is 1. The van der Waals surface area contributed by atoms with Gasteiger partial charge in [0.1, 0.15) is 10.8 Å². The molecule has 0 saturated carbocycles. The second-order valence-electron chi connectivity index (χ2n) is 4.14. The molecule has 0 saturated heterocycles. The van der Waals surface area contributed by atoms with Crippen LogP contribution >= 0.6 is 22.9 Å². The summed E-state index contributed by atoms with van der Waals surface area (Å²) in [5.74, 6) is 0.829. The van der Waals surface area contributed by atoms with Crippen LogP contribution in [0.5, 0.6) is 0 Å². The third-order valence-electron chi connectivity index (χ3n) is 2.63. The lowest BCUT2D eigenvalue weighted by atomic mass is 10.4. The van der Waals surface area contributed by atoms with Gasteiger partial charge < -0.3 is 10.1 Å². The summed E-state index contributed by atoms with van der Waals surface area (Å²) in [5.41, 5.74) is 0. The van der Waals surface area contributed by atoms with Crippen LogP contribution in [0.15, 0.2) is 6.20 Å². The Morgan fingerprint density at radius 2 is 2.32 bits per heavy atom. The number of rotatable bonds is 7. The van der Waals surface area contributed by atoms with E-state index in [0.717, 1.165) is 28.8 Å². The molecule has 0 radical (unpaired) electrons. The van der Waals surface area contributed by atoms with Gasteiger partial charge in [-0.3, -0.25) is 0 Å². The molecule has 7 heteroatoms. The minimum absolute atomic E-state index is 0.161. The zero-order valence-electron chi connectivity index (χ0n) is 11.3. The molecule has 19 heavy (non-hydrogen) atoms. The SMILES string of the molecule is CCc1cnc(C(C)Nc2nc(CCOC)ns2)s1. The molecule has 0 aliphatic rings. The Bertz CT molecular complexity index is 511. The fourth-order valence-electron chi connectivity index (χ4n) is 1.54. The van der Waals surface area contributed by atoms with E-state index in [-0.39, 0.29) is 6.04 Å². The number of hydrogen-bond acceptors (Lipinski definition) is 7. The van der Waals surface area contributed by atoms with Crippen LogP contribution in [-0.4, -0.2) is 28.1 Å². The van der Waals surface area contributed by atoms with Crippen LogP contribution < -0.4 is 5.32 Å². The van der Waals surface area contributed by atoms with Crippen molar-refractivity contribution >= 4 is 28.0 Å². The topological polar surface area (TPSA) is 59.9 Å². The van der Waals surface area contributed by atoms with E-state index in [2.05, 4.69) is 33.5 Å². The Kier molecular flexibility index (Phi) is 5.24. The first-order valence-electron chi connectivity index (χ1n) is 6.25. The predicted octanol–water partition coefficient (Wildman–Crippen LogP) is 2.92. The Hall–Kier alpha value is -1.05. The van der Waals surface area contributed by atoms with Gasteiger partial charge in [0.15, 0.2) is 0 Å². The van der Waals surface area contributed by atoms with E-state index in [1.54, 1.807) is 18.4 Å². The quantitative estimate of drug-likeness (QED) is 0.851. The lowest BCUT2D eigenvalue weighted by molar-refractivity contribution is 0.201. The molecule has 0 spiro atoms. The van der Waals surface area contributed by atoms with Crippen molar-refractivity contribution in [3.63, 3.8) is 0 Å². The molecule has 2 heterocycles. The van der Waals surface area contributed by atoms with Crippen LogP contribution in [0.2, 0.25) is 0 Å². The maximum atomic E-state index is 5.02. The van der Waals surface area contributed by atoms with Gasteiger partial charge in [0.25, 0.3) is 0 Å². The number of methoxy groups -OCH3 is 1. The fourth-order valence-corrected chi connectivity index (χ4v) is 3.10. The first-order valence-corrected chi connectivity index (χ1v) is 7.84. The van der Waals surface area contributed by atoms with Gasteiger partial charge in [0, 0.05) is 36.1 Å². The van der Waals surface area contributed by atoms with E-state index in [1.165, 1.54) is 16.4 Å². The Morgan fingerprint density at radius 3 is 3.00 bits per heavy atom. The highest BCUT2D eigenvalue weighted by molar-refractivity contribution is 7.11.